The topological polar surface area (TPSA) is 67.4 Å². The summed E-state index contributed by atoms with van der Waals surface area (Å²) in [7, 11) is 3.40. The fourth-order valence-electron chi connectivity index (χ4n) is 1.06. The summed E-state index contributed by atoms with van der Waals surface area (Å²) in [5, 5.41) is 5.44. The normalized spacial score (nSPS) is 11.9. The first kappa shape index (κ1) is 13.9. The minimum atomic E-state index is -0.318. The molecule has 0 heterocycles. The first-order valence-electron chi connectivity index (χ1n) is 5.11. The van der Waals surface area contributed by atoms with E-state index in [1.54, 1.807) is 7.05 Å². The lowest BCUT2D eigenvalue weighted by atomic mass is 10.2. The molecule has 0 aliphatic carbocycles. The van der Waals surface area contributed by atoms with Crippen LogP contribution >= 0.6 is 0 Å². The molecule has 0 aromatic heterocycles. The van der Waals surface area contributed by atoms with Crippen molar-refractivity contribution in [3.8, 4) is 0 Å². The number of nitrogens with one attached hydrogen (secondary N) is 2. The molecule has 0 saturated carbocycles. The molecule has 0 spiro atoms. The number of carbonyl (C=O) groups is 2. The lowest BCUT2D eigenvalue weighted by Gasteiger charge is -2.10. The van der Waals surface area contributed by atoms with Crippen molar-refractivity contribution in [2.24, 2.45) is 5.92 Å². The van der Waals surface area contributed by atoms with E-state index in [1.807, 2.05) is 14.0 Å². The molecule has 0 aliphatic heterocycles. The van der Waals surface area contributed by atoms with Crippen LogP contribution in [0.2, 0.25) is 0 Å². The Morgan fingerprint density at radius 3 is 2.47 bits per heavy atom. The van der Waals surface area contributed by atoms with Crippen LogP contribution in [0.5, 0.6) is 0 Å². The summed E-state index contributed by atoms with van der Waals surface area (Å²) in [4.78, 5) is 22.0. The van der Waals surface area contributed by atoms with Crippen molar-refractivity contribution >= 4 is 11.9 Å². The van der Waals surface area contributed by atoms with Crippen molar-refractivity contribution < 1.29 is 14.3 Å². The van der Waals surface area contributed by atoms with Crippen LogP contribution in [-0.2, 0) is 14.3 Å². The average molecular weight is 216 g/mol. The van der Waals surface area contributed by atoms with Crippen LogP contribution < -0.4 is 10.6 Å². The molecule has 1 unspecified atom stereocenters. The number of esters is 1. The maximum atomic E-state index is 11.1. The predicted molar refractivity (Wildman–Crippen MR) is 57.4 cm³/mol. The van der Waals surface area contributed by atoms with E-state index in [2.05, 4.69) is 10.6 Å². The molecule has 0 aliphatic rings. The Hall–Kier alpha value is -1.10. The van der Waals surface area contributed by atoms with Gasteiger partial charge in [0.05, 0.1) is 13.0 Å². The molecule has 0 bridgehead atoms. The number of hydrogen-bond acceptors (Lipinski definition) is 4. The molecular weight excluding hydrogens is 196 g/mol. The van der Waals surface area contributed by atoms with Gasteiger partial charge in [-0.25, -0.2) is 0 Å². The molecule has 88 valence electrons. The highest BCUT2D eigenvalue weighted by Crippen LogP contribution is 1.98. The molecule has 0 aromatic rings. The lowest BCUT2D eigenvalue weighted by Crippen LogP contribution is -2.23. The van der Waals surface area contributed by atoms with Gasteiger partial charge in [-0.05, 0) is 7.05 Å². The first-order valence-corrected chi connectivity index (χ1v) is 5.11. The fraction of sp³-hybridized carbons (Fsp3) is 0.800. The monoisotopic (exact) mass is 216 g/mol. The zero-order valence-corrected chi connectivity index (χ0v) is 9.63. The Morgan fingerprint density at radius 1 is 1.27 bits per heavy atom. The molecule has 5 nitrogen and oxygen atoms in total. The number of hydrogen-bond donors (Lipinski definition) is 2. The average Bonchev–Trinajstić information content (AvgIpc) is 2.23. The molecule has 0 rings (SSSR count). The highest BCUT2D eigenvalue weighted by molar-refractivity contribution is 5.80. The van der Waals surface area contributed by atoms with Crippen molar-refractivity contribution in [3.05, 3.63) is 0 Å². The van der Waals surface area contributed by atoms with Gasteiger partial charge in [0.2, 0.25) is 5.91 Å². The molecule has 1 amide bonds. The number of ether oxygens (including phenoxy) is 1. The fourth-order valence-corrected chi connectivity index (χ4v) is 1.06. The van der Waals surface area contributed by atoms with Gasteiger partial charge < -0.3 is 15.4 Å². The van der Waals surface area contributed by atoms with E-state index in [0.717, 1.165) is 6.54 Å². The van der Waals surface area contributed by atoms with E-state index in [9.17, 15) is 9.59 Å². The smallest absolute Gasteiger partial charge is 0.306 e. The predicted octanol–water partition coefficient (Wildman–Crippen LogP) is -0.0887. The van der Waals surface area contributed by atoms with Gasteiger partial charge in [0.1, 0.15) is 0 Å². The highest BCUT2D eigenvalue weighted by atomic mass is 16.5. The van der Waals surface area contributed by atoms with E-state index in [1.165, 1.54) is 0 Å². The summed E-state index contributed by atoms with van der Waals surface area (Å²) in [5.41, 5.74) is 0. The summed E-state index contributed by atoms with van der Waals surface area (Å²) in [6.45, 7) is 3.19. The highest BCUT2D eigenvalue weighted by Gasteiger charge is 2.08. The van der Waals surface area contributed by atoms with Crippen LogP contribution in [-0.4, -0.2) is 39.1 Å². The first-order chi connectivity index (χ1) is 7.10. The summed E-state index contributed by atoms with van der Waals surface area (Å²) >= 11 is 0. The van der Waals surface area contributed by atoms with Crippen molar-refractivity contribution in [1.29, 1.82) is 0 Å². The molecule has 0 aromatic carbocycles. The Kier molecular flexibility index (Phi) is 7.62. The van der Waals surface area contributed by atoms with Crippen molar-refractivity contribution in [3.63, 3.8) is 0 Å². The Bertz CT molecular complexity index is 207. The van der Waals surface area contributed by atoms with E-state index in [-0.39, 0.29) is 24.7 Å². The van der Waals surface area contributed by atoms with E-state index < -0.39 is 0 Å². The maximum Gasteiger partial charge on any atom is 0.306 e. The Balaban J connectivity index is 3.53. The molecule has 2 N–H and O–H groups in total. The summed E-state index contributed by atoms with van der Waals surface area (Å²) < 4.78 is 4.99. The SMILES string of the molecule is CNCC(C)COC(=O)CCC(=O)NC. The van der Waals surface area contributed by atoms with Crippen LogP contribution in [0.4, 0.5) is 0 Å². The molecule has 0 saturated heterocycles. The summed E-state index contributed by atoms with van der Waals surface area (Å²) in [5.74, 6) is -0.171. The van der Waals surface area contributed by atoms with Gasteiger partial charge in [-0.2, -0.15) is 0 Å². The zero-order valence-electron chi connectivity index (χ0n) is 9.63. The van der Waals surface area contributed by atoms with Gasteiger partial charge >= 0.3 is 5.97 Å². The van der Waals surface area contributed by atoms with E-state index >= 15 is 0 Å². The Labute approximate surface area is 90.6 Å². The lowest BCUT2D eigenvalue weighted by molar-refractivity contribution is -0.146. The van der Waals surface area contributed by atoms with Gasteiger partial charge in [0.25, 0.3) is 0 Å². The van der Waals surface area contributed by atoms with Gasteiger partial charge in [-0.15, -0.1) is 0 Å². The standard InChI is InChI=1S/C10H20N2O3/c1-8(6-11-2)7-15-10(14)5-4-9(13)12-3/h8,11H,4-7H2,1-3H3,(H,12,13). The van der Waals surface area contributed by atoms with Crippen molar-refractivity contribution in [1.82, 2.24) is 10.6 Å². The zero-order chi connectivity index (χ0) is 11.7. The third kappa shape index (κ3) is 7.93. The third-order valence-electron chi connectivity index (χ3n) is 1.92. The second kappa shape index (κ2) is 8.23. The molecular formula is C10H20N2O3. The summed E-state index contributed by atoms with van der Waals surface area (Å²) in [6.07, 6.45) is 0.335. The molecule has 1 atom stereocenters. The second-order valence-electron chi connectivity index (χ2n) is 3.52. The Morgan fingerprint density at radius 2 is 1.93 bits per heavy atom. The number of amides is 1. The minimum Gasteiger partial charge on any atom is -0.465 e. The molecule has 0 radical (unpaired) electrons. The molecule has 15 heavy (non-hydrogen) atoms. The largest absolute Gasteiger partial charge is 0.465 e. The minimum absolute atomic E-state index is 0.143. The van der Waals surface area contributed by atoms with Crippen LogP contribution in [0.15, 0.2) is 0 Å². The van der Waals surface area contributed by atoms with Gasteiger partial charge in [-0.1, -0.05) is 6.92 Å². The van der Waals surface area contributed by atoms with Gasteiger partial charge in [0.15, 0.2) is 0 Å². The quantitative estimate of drug-likeness (QED) is 0.584. The third-order valence-corrected chi connectivity index (χ3v) is 1.92. The van der Waals surface area contributed by atoms with Gasteiger partial charge in [0, 0.05) is 25.9 Å². The van der Waals surface area contributed by atoms with E-state index in [0.29, 0.717) is 12.5 Å². The number of rotatable bonds is 7. The van der Waals surface area contributed by atoms with Crippen molar-refractivity contribution in [2.75, 3.05) is 27.2 Å². The molecule has 5 heteroatoms. The van der Waals surface area contributed by atoms with Gasteiger partial charge in [-0.3, -0.25) is 9.59 Å². The van der Waals surface area contributed by atoms with Crippen molar-refractivity contribution in [2.45, 2.75) is 19.8 Å². The second-order valence-corrected chi connectivity index (χ2v) is 3.52. The maximum absolute atomic E-state index is 11.1. The van der Waals surface area contributed by atoms with Crippen LogP contribution in [0.3, 0.4) is 0 Å². The van der Waals surface area contributed by atoms with Crippen LogP contribution in [0, 0.1) is 5.92 Å². The molecule has 0 fully saturated rings. The summed E-state index contributed by atoms with van der Waals surface area (Å²) in [6, 6.07) is 0. The van der Waals surface area contributed by atoms with Crippen LogP contribution in [0.1, 0.15) is 19.8 Å². The van der Waals surface area contributed by atoms with E-state index in [4.69, 9.17) is 4.74 Å². The number of carbonyl (C=O) groups excluding carboxylic acids is 2. The van der Waals surface area contributed by atoms with Crippen LogP contribution in [0.25, 0.3) is 0 Å².